The minimum atomic E-state index is -0.897. The number of nitrogens with zero attached hydrogens (tertiary/aromatic N) is 1. The molecule has 1 N–H and O–H groups in total. The Kier molecular flexibility index (Phi) is 39.6. The molecule has 0 aromatic rings. The van der Waals surface area contributed by atoms with E-state index in [4.69, 9.17) is 14.2 Å². The van der Waals surface area contributed by atoms with E-state index >= 15 is 0 Å². The molecule has 8 nitrogen and oxygen atoms in total. The molecule has 0 fully saturated rings. The molecule has 8 heteroatoms. The van der Waals surface area contributed by atoms with E-state index in [0.29, 0.717) is 19.3 Å². The summed E-state index contributed by atoms with van der Waals surface area (Å²) in [4.78, 5) is 37.0. The fourth-order valence-corrected chi connectivity index (χ4v) is 5.65. The average Bonchev–Trinajstić information content (AvgIpc) is 3.23. The lowest BCUT2D eigenvalue weighted by atomic mass is 10.1. The van der Waals surface area contributed by atoms with E-state index in [0.717, 1.165) is 77.0 Å². The summed E-state index contributed by atoms with van der Waals surface area (Å²) < 4.78 is 17.2. The Hall–Kier alpha value is -4.79. The molecule has 0 aliphatic carbocycles. The normalized spacial score (nSPS) is 14.3. The van der Waals surface area contributed by atoms with Crippen LogP contribution in [-0.2, 0) is 28.6 Å². The first-order valence-corrected chi connectivity index (χ1v) is 23.0. The maximum atomic E-state index is 12.7. The maximum Gasteiger partial charge on any atom is 0.362 e. The van der Waals surface area contributed by atoms with Crippen molar-refractivity contribution in [2.45, 2.75) is 135 Å². The molecule has 0 heterocycles. The van der Waals surface area contributed by atoms with Crippen LogP contribution in [0.15, 0.2) is 146 Å². The Labute approximate surface area is 376 Å². The Morgan fingerprint density at radius 1 is 0.500 bits per heavy atom. The summed E-state index contributed by atoms with van der Waals surface area (Å²) in [6, 6.07) is -0.641. The number of hydrogen-bond acceptors (Lipinski definition) is 6. The lowest BCUT2D eigenvalue weighted by molar-refractivity contribution is -0.887. The van der Waals surface area contributed by atoms with Gasteiger partial charge in [-0.15, -0.1) is 0 Å². The zero-order valence-electron chi connectivity index (χ0n) is 39.0. The minimum Gasteiger partial charge on any atom is -0.477 e. The van der Waals surface area contributed by atoms with Crippen molar-refractivity contribution in [3.8, 4) is 0 Å². The number of aliphatic carboxylic acids is 1. The second kappa shape index (κ2) is 42.9. The van der Waals surface area contributed by atoms with Gasteiger partial charge in [0.2, 0.25) is 0 Å². The highest BCUT2D eigenvalue weighted by molar-refractivity contribution is 5.72. The van der Waals surface area contributed by atoms with Crippen LogP contribution in [0.2, 0.25) is 0 Å². The number of ether oxygens (including phenoxy) is 3. The third-order valence-electron chi connectivity index (χ3n) is 9.15. The second-order valence-electron chi connectivity index (χ2n) is 15.7. The number of allylic oxidation sites excluding steroid dienone is 24. The van der Waals surface area contributed by atoms with Crippen LogP contribution in [0.25, 0.3) is 0 Å². The summed E-state index contributed by atoms with van der Waals surface area (Å²) in [7, 11) is 5.48. The highest BCUT2D eigenvalue weighted by Gasteiger charge is 2.31. The molecular weight excluding hydrogens is 775 g/mol. The van der Waals surface area contributed by atoms with Gasteiger partial charge in [0.05, 0.1) is 34.4 Å². The highest BCUT2D eigenvalue weighted by atomic mass is 16.6. The number of carboxylic acid groups (broad SMARTS) is 1. The topological polar surface area (TPSA) is 99.1 Å². The van der Waals surface area contributed by atoms with Gasteiger partial charge >= 0.3 is 17.9 Å². The summed E-state index contributed by atoms with van der Waals surface area (Å²) in [6.07, 6.45) is 63.2. The fraction of sp³-hybridized carbons (Fsp3) is 0.500. The lowest BCUT2D eigenvalue weighted by Crippen LogP contribution is -2.50. The number of likely N-dealkylation sites (N-methyl/N-ethyl adjacent to an activating group) is 1. The van der Waals surface area contributed by atoms with Gasteiger partial charge in [-0.1, -0.05) is 166 Å². The number of rotatable bonds is 38. The standard InChI is InChI=1S/C54H81NO7/c1-6-8-10-12-14-16-18-20-22-24-25-26-27-29-31-33-35-37-39-41-43-45-53(57)62-50(48-60-47-46-51(54(58)59)55(3,4)5)49-61-52(56)44-42-40-38-36-34-32-30-28-23-21-19-17-15-13-11-9-7-2/h8-11,13-17,19-23,25-26,28-32,34-35,37,50-51H,6-7,12,18,24,27,33,36,38-49H2,1-5H3/p+1/b10-8+,11-9+,15-13+,16-14+,19-17+,22-20+,23-21+,26-25+,30-28+,31-29+,34-32+,37-35+. The smallest absolute Gasteiger partial charge is 0.362 e. The van der Waals surface area contributed by atoms with Crippen molar-refractivity contribution in [2.24, 2.45) is 0 Å². The van der Waals surface area contributed by atoms with E-state index in [1.165, 1.54) is 0 Å². The van der Waals surface area contributed by atoms with Gasteiger partial charge < -0.3 is 23.8 Å². The van der Waals surface area contributed by atoms with Crippen molar-refractivity contribution in [2.75, 3.05) is 41.0 Å². The largest absolute Gasteiger partial charge is 0.477 e. The monoisotopic (exact) mass is 857 g/mol. The Bertz CT molecular complexity index is 1510. The van der Waals surface area contributed by atoms with Gasteiger partial charge in [0.15, 0.2) is 12.1 Å². The van der Waals surface area contributed by atoms with Crippen molar-refractivity contribution in [3.63, 3.8) is 0 Å². The number of carbonyl (C=O) groups is 3. The van der Waals surface area contributed by atoms with E-state index in [-0.39, 0.29) is 49.1 Å². The molecule has 0 saturated carbocycles. The zero-order chi connectivity index (χ0) is 45.6. The molecule has 62 heavy (non-hydrogen) atoms. The van der Waals surface area contributed by atoms with Crippen molar-refractivity contribution in [3.05, 3.63) is 146 Å². The second-order valence-corrected chi connectivity index (χ2v) is 15.7. The van der Waals surface area contributed by atoms with Crippen LogP contribution < -0.4 is 0 Å². The molecule has 2 unspecified atom stereocenters. The lowest BCUT2D eigenvalue weighted by Gasteiger charge is -2.31. The van der Waals surface area contributed by atoms with Crippen LogP contribution in [0.1, 0.15) is 123 Å². The molecule has 0 saturated heterocycles. The first kappa shape index (κ1) is 57.2. The molecule has 0 amide bonds. The van der Waals surface area contributed by atoms with Crippen molar-refractivity contribution in [1.29, 1.82) is 0 Å². The third-order valence-corrected chi connectivity index (χ3v) is 9.15. The molecule has 0 rings (SSSR count). The quantitative estimate of drug-likeness (QED) is 0.0217. The SMILES string of the molecule is CC/C=C/C=C/C=C/C=C/C=C/C=C/CCCCCC(=O)OCC(COCCC(C(=O)O)[N+](C)(C)C)OC(=O)CCCC/C=C/C/C=C/C/C=C/C/C=C/C/C=C/C/C=C/CC. The molecular formula is C54H82NO7+. The first-order valence-electron chi connectivity index (χ1n) is 23.0. The summed E-state index contributed by atoms with van der Waals surface area (Å²) in [6.45, 7) is 4.34. The van der Waals surface area contributed by atoms with Gasteiger partial charge in [0.25, 0.3) is 0 Å². The molecule has 344 valence electrons. The molecule has 0 aliphatic heterocycles. The fourth-order valence-electron chi connectivity index (χ4n) is 5.65. The molecule has 0 aromatic carbocycles. The van der Waals surface area contributed by atoms with Crippen LogP contribution in [0.3, 0.4) is 0 Å². The van der Waals surface area contributed by atoms with Crippen LogP contribution in [0.5, 0.6) is 0 Å². The predicted octanol–water partition coefficient (Wildman–Crippen LogP) is 13.0. The van der Waals surface area contributed by atoms with E-state index < -0.39 is 18.1 Å². The van der Waals surface area contributed by atoms with Gasteiger partial charge in [0.1, 0.15) is 6.61 Å². The van der Waals surface area contributed by atoms with Crippen molar-refractivity contribution < 1.29 is 38.2 Å². The van der Waals surface area contributed by atoms with Crippen LogP contribution >= 0.6 is 0 Å². The maximum absolute atomic E-state index is 12.7. The van der Waals surface area contributed by atoms with Crippen molar-refractivity contribution in [1.82, 2.24) is 0 Å². The van der Waals surface area contributed by atoms with Gasteiger partial charge in [-0.3, -0.25) is 9.59 Å². The molecule has 0 bridgehead atoms. The first-order chi connectivity index (χ1) is 30.1. The predicted molar refractivity (Wildman–Crippen MR) is 261 cm³/mol. The Balaban J connectivity index is 4.54. The number of unbranched alkanes of at least 4 members (excludes halogenated alkanes) is 5. The van der Waals surface area contributed by atoms with Gasteiger partial charge in [-0.25, -0.2) is 4.79 Å². The van der Waals surface area contributed by atoms with E-state index in [1.54, 1.807) is 0 Å². The highest BCUT2D eigenvalue weighted by Crippen LogP contribution is 2.11. The third kappa shape index (κ3) is 40.6. The molecule has 0 aromatic heterocycles. The Morgan fingerprint density at radius 2 is 0.935 bits per heavy atom. The summed E-state index contributed by atoms with van der Waals surface area (Å²) >= 11 is 0. The molecule has 2 atom stereocenters. The Morgan fingerprint density at radius 3 is 1.45 bits per heavy atom. The number of carboxylic acids is 1. The molecule has 0 radical (unpaired) electrons. The number of carbonyl (C=O) groups excluding carboxylic acids is 2. The van der Waals surface area contributed by atoms with Gasteiger partial charge in [-0.05, 0) is 83.5 Å². The summed E-state index contributed by atoms with van der Waals surface area (Å²) in [5, 5.41) is 9.63. The summed E-state index contributed by atoms with van der Waals surface area (Å²) in [5.41, 5.74) is 0. The van der Waals surface area contributed by atoms with Crippen LogP contribution in [0, 0.1) is 0 Å². The van der Waals surface area contributed by atoms with E-state index in [9.17, 15) is 19.5 Å². The number of hydrogen-bond donors (Lipinski definition) is 1. The van der Waals surface area contributed by atoms with Crippen molar-refractivity contribution >= 4 is 17.9 Å². The zero-order valence-corrected chi connectivity index (χ0v) is 39.0. The minimum absolute atomic E-state index is 0.0165. The summed E-state index contributed by atoms with van der Waals surface area (Å²) in [5.74, 6) is -1.61. The number of esters is 2. The van der Waals surface area contributed by atoms with Gasteiger partial charge in [0, 0.05) is 19.3 Å². The molecule has 0 aliphatic rings. The molecule has 0 spiro atoms. The van der Waals surface area contributed by atoms with Gasteiger partial charge in [-0.2, -0.15) is 0 Å². The van der Waals surface area contributed by atoms with Crippen LogP contribution in [-0.4, -0.2) is 80.6 Å². The number of quaternary nitrogens is 1. The van der Waals surface area contributed by atoms with E-state index in [2.05, 4.69) is 98.9 Å². The van der Waals surface area contributed by atoms with E-state index in [1.807, 2.05) is 81.9 Å². The van der Waals surface area contributed by atoms with Crippen LogP contribution in [0.4, 0.5) is 0 Å². The average molecular weight is 857 g/mol.